The van der Waals surface area contributed by atoms with E-state index < -0.39 is 4.92 Å². The zero-order valence-corrected chi connectivity index (χ0v) is 16.4. The number of carbonyl (C=O) groups is 1. The van der Waals surface area contributed by atoms with Gasteiger partial charge in [-0.05, 0) is 17.1 Å². The molecular formula is C16H13Cl3N6O3. The van der Waals surface area contributed by atoms with Gasteiger partial charge in [-0.1, -0.05) is 40.9 Å². The third-order valence-corrected chi connectivity index (χ3v) is 4.72. The second-order valence-electron chi connectivity index (χ2n) is 5.72. The van der Waals surface area contributed by atoms with E-state index in [1.165, 1.54) is 21.6 Å². The molecular weight excluding hydrogens is 431 g/mol. The molecule has 146 valence electrons. The largest absolute Gasteiger partial charge is 0.389 e. The molecule has 28 heavy (non-hydrogen) atoms. The van der Waals surface area contributed by atoms with Gasteiger partial charge >= 0.3 is 5.82 Å². The second kappa shape index (κ2) is 8.59. The zero-order chi connectivity index (χ0) is 20.3. The van der Waals surface area contributed by atoms with E-state index in [0.717, 1.165) is 0 Å². The van der Waals surface area contributed by atoms with Crippen molar-refractivity contribution in [3.8, 4) is 0 Å². The van der Waals surface area contributed by atoms with Gasteiger partial charge in [-0.2, -0.15) is 9.78 Å². The van der Waals surface area contributed by atoms with Crippen LogP contribution in [-0.2, 0) is 17.9 Å². The Hall–Kier alpha value is -2.62. The van der Waals surface area contributed by atoms with Crippen LogP contribution in [0.4, 0.5) is 11.6 Å². The molecule has 0 saturated heterocycles. The number of anilines is 1. The Bertz CT molecular complexity index is 1010. The summed E-state index contributed by atoms with van der Waals surface area (Å²) in [5, 5.41) is 22.4. The molecule has 0 saturated carbocycles. The van der Waals surface area contributed by atoms with Gasteiger partial charge in [-0.3, -0.25) is 9.48 Å². The Labute approximate surface area is 173 Å². The van der Waals surface area contributed by atoms with E-state index in [-0.39, 0.29) is 42.1 Å². The minimum atomic E-state index is -0.603. The van der Waals surface area contributed by atoms with Crippen LogP contribution in [0.2, 0.25) is 15.1 Å². The number of hydrogen-bond acceptors (Lipinski definition) is 5. The Morgan fingerprint density at radius 1 is 1.11 bits per heavy atom. The SMILES string of the molecule is O=C(CCn1ccc([N+](=O)[O-])n1)Nc1nn(Cc2c(Cl)cccc2Cl)cc1Cl. The zero-order valence-electron chi connectivity index (χ0n) is 14.2. The van der Waals surface area contributed by atoms with E-state index in [1.807, 2.05) is 0 Å². The quantitative estimate of drug-likeness (QED) is 0.438. The number of carbonyl (C=O) groups excluding carboxylic acids is 1. The van der Waals surface area contributed by atoms with Crippen molar-refractivity contribution >= 4 is 52.3 Å². The Balaban J connectivity index is 1.61. The fourth-order valence-corrected chi connectivity index (χ4v) is 3.11. The van der Waals surface area contributed by atoms with Gasteiger partial charge in [0.15, 0.2) is 5.82 Å². The van der Waals surface area contributed by atoms with Crippen molar-refractivity contribution in [3.63, 3.8) is 0 Å². The first-order valence-corrected chi connectivity index (χ1v) is 9.10. The Morgan fingerprint density at radius 2 is 1.82 bits per heavy atom. The molecule has 1 N–H and O–H groups in total. The molecule has 0 aliphatic rings. The van der Waals surface area contributed by atoms with Crippen LogP contribution in [0.3, 0.4) is 0 Å². The van der Waals surface area contributed by atoms with Crippen molar-refractivity contribution in [1.82, 2.24) is 19.6 Å². The molecule has 3 rings (SSSR count). The van der Waals surface area contributed by atoms with Crippen molar-refractivity contribution < 1.29 is 9.72 Å². The predicted molar refractivity (Wildman–Crippen MR) is 105 cm³/mol. The number of nitro groups is 1. The van der Waals surface area contributed by atoms with Crippen molar-refractivity contribution in [3.05, 3.63) is 67.4 Å². The lowest BCUT2D eigenvalue weighted by molar-refractivity contribution is -0.389. The van der Waals surface area contributed by atoms with Crippen LogP contribution in [0.1, 0.15) is 12.0 Å². The third-order valence-electron chi connectivity index (χ3n) is 3.74. The molecule has 2 heterocycles. The molecule has 0 bridgehead atoms. The van der Waals surface area contributed by atoms with Crippen molar-refractivity contribution in [2.24, 2.45) is 0 Å². The first-order chi connectivity index (χ1) is 13.3. The standard InChI is InChI=1S/C16H13Cl3N6O3/c17-11-2-1-3-12(18)10(11)8-24-9-13(19)16(22-24)20-15(26)5-7-23-6-4-14(21-23)25(27)28/h1-4,6,9H,5,7-8H2,(H,20,22,26). The topological polar surface area (TPSA) is 108 Å². The van der Waals surface area contributed by atoms with Crippen LogP contribution >= 0.6 is 34.8 Å². The number of aromatic nitrogens is 4. The first kappa shape index (κ1) is 20.1. The summed E-state index contributed by atoms with van der Waals surface area (Å²) in [7, 11) is 0. The highest BCUT2D eigenvalue weighted by atomic mass is 35.5. The minimum Gasteiger partial charge on any atom is -0.358 e. The molecule has 0 atom stereocenters. The number of nitrogens with one attached hydrogen (secondary N) is 1. The maximum absolute atomic E-state index is 12.1. The highest BCUT2D eigenvalue weighted by molar-refractivity contribution is 6.36. The Kier molecular flexibility index (Phi) is 6.18. The summed E-state index contributed by atoms with van der Waals surface area (Å²) in [4.78, 5) is 22.1. The highest BCUT2D eigenvalue weighted by Gasteiger charge is 2.15. The van der Waals surface area contributed by atoms with Gasteiger partial charge in [0.05, 0.1) is 30.5 Å². The molecule has 0 unspecified atom stereocenters. The molecule has 2 aromatic heterocycles. The lowest BCUT2D eigenvalue weighted by Gasteiger charge is -2.06. The van der Waals surface area contributed by atoms with E-state index in [0.29, 0.717) is 15.6 Å². The summed E-state index contributed by atoms with van der Waals surface area (Å²) in [6.45, 7) is 0.457. The van der Waals surface area contributed by atoms with Gasteiger partial charge in [0.1, 0.15) is 5.02 Å². The first-order valence-electron chi connectivity index (χ1n) is 7.97. The van der Waals surface area contributed by atoms with E-state index >= 15 is 0 Å². The maximum Gasteiger partial charge on any atom is 0.389 e. The monoisotopic (exact) mass is 442 g/mol. The molecule has 0 aliphatic heterocycles. The van der Waals surface area contributed by atoms with Gasteiger partial charge in [0.25, 0.3) is 0 Å². The van der Waals surface area contributed by atoms with Crippen LogP contribution < -0.4 is 5.32 Å². The number of amides is 1. The molecule has 9 nitrogen and oxygen atoms in total. The predicted octanol–water partition coefficient (Wildman–Crippen LogP) is 4.03. The highest BCUT2D eigenvalue weighted by Crippen LogP contribution is 2.27. The molecule has 12 heteroatoms. The van der Waals surface area contributed by atoms with E-state index in [4.69, 9.17) is 34.8 Å². The van der Waals surface area contributed by atoms with E-state index in [9.17, 15) is 14.9 Å². The van der Waals surface area contributed by atoms with Crippen molar-refractivity contribution in [2.45, 2.75) is 19.5 Å². The minimum absolute atomic E-state index is 0.0400. The fraction of sp³-hybridized carbons (Fsp3) is 0.188. The fourth-order valence-electron chi connectivity index (χ4n) is 2.39. The van der Waals surface area contributed by atoms with Crippen molar-refractivity contribution in [2.75, 3.05) is 5.32 Å². The van der Waals surface area contributed by atoms with Gasteiger partial charge < -0.3 is 15.4 Å². The van der Waals surface area contributed by atoms with Gasteiger partial charge in [-0.25, -0.2) is 0 Å². The lowest BCUT2D eigenvalue weighted by Crippen LogP contribution is -2.15. The number of rotatable bonds is 7. The normalized spacial score (nSPS) is 10.8. The Morgan fingerprint density at radius 3 is 2.46 bits per heavy atom. The molecule has 0 aliphatic carbocycles. The lowest BCUT2D eigenvalue weighted by atomic mass is 10.2. The number of benzene rings is 1. The molecule has 0 spiro atoms. The number of hydrogen-bond donors (Lipinski definition) is 1. The number of halogens is 3. The summed E-state index contributed by atoms with van der Waals surface area (Å²) >= 11 is 18.4. The summed E-state index contributed by atoms with van der Waals surface area (Å²) in [6, 6.07) is 6.44. The van der Waals surface area contributed by atoms with Gasteiger partial charge in [0.2, 0.25) is 5.91 Å². The van der Waals surface area contributed by atoms with Crippen LogP contribution in [0.5, 0.6) is 0 Å². The summed E-state index contributed by atoms with van der Waals surface area (Å²) in [6.07, 6.45) is 3.02. The van der Waals surface area contributed by atoms with Crippen molar-refractivity contribution in [1.29, 1.82) is 0 Å². The summed E-state index contributed by atoms with van der Waals surface area (Å²) in [5.74, 6) is -0.442. The molecule has 1 amide bonds. The van der Waals surface area contributed by atoms with E-state index in [1.54, 1.807) is 24.4 Å². The van der Waals surface area contributed by atoms with Crippen LogP contribution in [0.25, 0.3) is 0 Å². The molecule has 3 aromatic rings. The summed E-state index contributed by atoms with van der Waals surface area (Å²) in [5.41, 5.74) is 0.683. The average Bonchev–Trinajstić information content (AvgIpc) is 3.24. The van der Waals surface area contributed by atoms with Gasteiger partial charge in [-0.15, -0.1) is 0 Å². The van der Waals surface area contributed by atoms with Crippen LogP contribution in [-0.4, -0.2) is 30.4 Å². The van der Waals surface area contributed by atoms with Crippen LogP contribution in [0.15, 0.2) is 36.7 Å². The maximum atomic E-state index is 12.1. The number of nitrogens with zero attached hydrogens (tertiary/aromatic N) is 5. The second-order valence-corrected chi connectivity index (χ2v) is 6.94. The average molecular weight is 444 g/mol. The number of aryl methyl sites for hydroxylation is 1. The smallest absolute Gasteiger partial charge is 0.358 e. The van der Waals surface area contributed by atoms with Gasteiger partial charge in [0, 0.05) is 28.2 Å². The van der Waals surface area contributed by atoms with E-state index in [2.05, 4.69) is 15.5 Å². The third kappa shape index (κ3) is 4.80. The molecule has 1 aromatic carbocycles. The van der Waals surface area contributed by atoms with Crippen LogP contribution in [0, 0.1) is 10.1 Å². The molecule has 0 radical (unpaired) electrons. The summed E-state index contributed by atoms with van der Waals surface area (Å²) < 4.78 is 2.83. The molecule has 0 fully saturated rings.